The number of nitrogens with zero attached hydrogens (tertiary/aromatic N) is 2. The number of guanidine groups is 1. The number of ether oxygens (including phenoxy) is 1. The van der Waals surface area contributed by atoms with Crippen LogP contribution in [0.25, 0.3) is 0 Å². The minimum atomic E-state index is 0.448. The summed E-state index contributed by atoms with van der Waals surface area (Å²) in [7, 11) is 0. The zero-order chi connectivity index (χ0) is 16.3. The van der Waals surface area contributed by atoms with Gasteiger partial charge in [0.1, 0.15) is 0 Å². The molecule has 0 amide bonds. The fourth-order valence-corrected chi connectivity index (χ4v) is 2.67. The molecule has 1 unspecified atom stereocenters. The molecular weight excluding hydrogens is 288 g/mol. The summed E-state index contributed by atoms with van der Waals surface area (Å²) in [6.45, 7) is 10.6. The number of aliphatic imine (C=N–C) groups is 1. The van der Waals surface area contributed by atoms with E-state index in [0.717, 1.165) is 58.3 Å². The summed E-state index contributed by atoms with van der Waals surface area (Å²) in [6, 6.07) is 11.0. The zero-order valence-electron chi connectivity index (χ0n) is 14.4. The van der Waals surface area contributed by atoms with Crippen LogP contribution in [-0.4, -0.2) is 62.8 Å². The third-order valence-electron chi connectivity index (χ3n) is 4.08. The van der Waals surface area contributed by atoms with Crippen LogP contribution >= 0.6 is 0 Å². The molecule has 1 fully saturated rings. The van der Waals surface area contributed by atoms with E-state index in [2.05, 4.69) is 59.7 Å². The van der Waals surface area contributed by atoms with Gasteiger partial charge in [-0.1, -0.05) is 30.3 Å². The van der Waals surface area contributed by atoms with Gasteiger partial charge in [0.25, 0.3) is 0 Å². The lowest BCUT2D eigenvalue weighted by atomic mass is 10.1. The second-order valence-electron chi connectivity index (χ2n) is 5.88. The van der Waals surface area contributed by atoms with Crippen molar-refractivity contribution in [3.05, 3.63) is 35.9 Å². The highest BCUT2D eigenvalue weighted by Gasteiger charge is 2.16. The number of rotatable bonds is 7. The molecule has 23 heavy (non-hydrogen) atoms. The van der Waals surface area contributed by atoms with Gasteiger partial charge in [-0.3, -0.25) is 9.89 Å². The summed E-state index contributed by atoms with van der Waals surface area (Å²) < 4.78 is 5.41. The molecule has 1 aromatic carbocycles. The third kappa shape index (κ3) is 6.59. The molecular formula is C18H30N4O. The molecule has 0 saturated carbocycles. The van der Waals surface area contributed by atoms with Crippen LogP contribution in [0, 0.1) is 0 Å². The second kappa shape index (κ2) is 10.2. The van der Waals surface area contributed by atoms with E-state index in [-0.39, 0.29) is 0 Å². The van der Waals surface area contributed by atoms with Gasteiger partial charge in [-0.25, -0.2) is 0 Å². The summed E-state index contributed by atoms with van der Waals surface area (Å²) in [5.41, 5.74) is 1.34. The van der Waals surface area contributed by atoms with E-state index in [1.165, 1.54) is 5.56 Å². The Morgan fingerprint density at radius 3 is 2.65 bits per heavy atom. The SMILES string of the molecule is CCNC(=NCC(C)N1CCOCC1)NCCc1ccccc1. The smallest absolute Gasteiger partial charge is 0.191 e. The third-order valence-corrected chi connectivity index (χ3v) is 4.08. The number of hydrogen-bond donors (Lipinski definition) is 2. The molecule has 5 nitrogen and oxygen atoms in total. The highest BCUT2D eigenvalue weighted by molar-refractivity contribution is 5.79. The van der Waals surface area contributed by atoms with Crippen LogP contribution in [0.3, 0.4) is 0 Å². The number of nitrogens with one attached hydrogen (secondary N) is 2. The van der Waals surface area contributed by atoms with E-state index < -0.39 is 0 Å². The van der Waals surface area contributed by atoms with Crippen LogP contribution in [0.2, 0.25) is 0 Å². The molecule has 0 aliphatic carbocycles. The maximum atomic E-state index is 5.41. The topological polar surface area (TPSA) is 48.9 Å². The van der Waals surface area contributed by atoms with E-state index in [1.807, 2.05) is 0 Å². The van der Waals surface area contributed by atoms with Gasteiger partial charge >= 0.3 is 0 Å². The van der Waals surface area contributed by atoms with E-state index in [1.54, 1.807) is 0 Å². The molecule has 1 saturated heterocycles. The van der Waals surface area contributed by atoms with Gasteiger partial charge in [0.15, 0.2) is 5.96 Å². The Kier molecular flexibility index (Phi) is 7.90. The predicted octanol–water partition coefficient (Wildman–Crippen LogP) is 1.50. The van der Waals surface area contributed by atoms with Crippen molar-refractivity contribution in [2.45, 2.75) is 26.3 Å². The van der Waals surface area contributed by atoms with Gasteiger partial charge in [0, 0.05) is 32.2 Å². The Hall–Kier alpha value is -1.59. The molecule has 1 aromatic rings. The molecule has 5 heteroatoms. The Labute approximate surface area is 140 Å². The number of morpholine rings is 1. The first-order valence-electron chi connectivity index (χ1n) is 8.67. The van der Waals surface area contributed by atoms with E-state index in [4.69, 9.17) is 9.73 Å². The van der Waals surface area contributed by atoms with Crippen LogP contribution in [0.5, 0.6) is 0 Å². The van der Waals surface area contributed by atoms with Crippen molar-refractivity contribution >= 4 is 5.96 Å². The summed E-state index contributed by atoms with van der Waals surface area (Å²) in [4.78, 5) is 7.18. The van der Waals surface area contributed by atoms with Gasteiger partial charge in [-0.15, -0.1) is 0 Å². The van der Waals surface area contributed by atoms with Crippen molar-refractivity contribution in [1.29, 1.82) is 0 Å². The molecule has 2 rings (SSSR count). The monoisotopic (exact) mass is 318 g/mol. The van der Waals surface area contributed by atoms with Crippen molar-refractivity contribution in [1.82, 2.24) is 15.5 Å². The van der Waals surface area contributed by atoms with Crippen LogP contribution < -0.4 is 10.6 Å². The average molecular weight is 318 g/mol. The largest absolute Gasteiger partial charge is 0.379 e. The van der Waals surface area contributed by atoms with E-state index in [9.17, 15) is 0 Å². The molecule has 0 radical (unpaired) electrons. The lowest BCUT2D eigenvalue weighted by molar-refractivity contribution is 0.0220. The summed E-state index contributed by atoms with van der Waals surface area (Å²) >= 11 is 0. The average Bonchev–Trinajstić information content (AvgIpc) is 2.61. The molecule has 1 aliphatic heterocycles. The maximum absolute atomic E-state index is 5.41. The second-order valence-corrected chi connectivity index (χ2v) is 5.88. The summed E-state index contributed by atoms with van der Waals surface area (Å²) in [6.07, 6.45) is 1.00. The lowest BCUT2D eigenvalue weighted by Crippen LogP contribution is -2.44. The molecule has 2 N–H and O–H groups in total. The first kappa shape index (κ1) is 17.8. The maximum Gasteiger partial charge on any atom is 0.191 e. The molecule has 128 valence electrons. The Morgan fingerprint density at radius 2 is 1.96 bits per heavy atom. The molecule has 1 atom stereocenters. The molecule has 0 aromatic heterocycles. The van der Waals surface area contributed by atoms with E-state index >= 15 is 0 Å². The lowest BCUT2D eigenvalue weighted by Gasteiger charge is -2.31. The van der Waals surface area contributed by atoms with Gasteiger partial charge in [0.2, 0.25) is 0 Å². The Bertz CT molecular complexity index is 457. The van der Waals surface area contributed by atoms with Gasteiger partial charge in [-0.2, -0.15) is 0 Å². The van der Waals surface area contributed by atoms with Gasteiger partial charge < -0.3 is 15.4 Å². The van der Waals surface area contributed by atoms with E-state index in [0.29, 0.717) is 6.04 Å². The van der Waals surface area contributed by atoms with Crippen LogP contribution in [-0.2, 0) is 11.2 Å². The normalized spacial score (nSPS) is 17.7. The molecule has 1 aliphatic rings. The van der Waals surface area contributed by atoms with Gasteiger partial charge in [-0.05, 0) is 25.8 Å². The fourth-order valence-electron chi connectivity index (χ4n) is 2.67. The van der Waals surface area contributed by atoms with Crippen molar-refractivity contribution < 1.29 is 4.74 Å². The highest BCUT2D eigenvalue weighted by Crippen LogP contribution is 2.03. The summed E-state index contributed by atoms with van der Waals surface area (Å²) in [5, 5.41) is 6.75. The van der Waals surface area contributed by atoms with Gasteiger partial charge in [0.05, 0.1) is 19.8 Å². The number of hydrogen-bond acceptors (Lipinski definition) is 3. The fraction of sp³-hybridized carbons (Fsp3) is 0.611. The first-order chi connectivity index (χ1) is 11.3. The Morgan fingerprint density at radius 1 is 1.22 bits per heavy atom. The molecule has 0 bridgehead atoms. The van der Waals surface area contributed by atoms with Crippen LogP contribution in [0.1, 0.15) is 19.4 Å². The predicted molar refractivity (Wildman–Crippen MR) is 96.0 cm³/mol. The van der Waals surface area contributed by atoms with Crippen LogP contribution in [0.4, 0.5) is 0 Å². The van der Waals surface area contributed by atoms with Crippen molar-refractivity contribution in [2.75, 3.05) is 45.9 Å². The van der Waals surface area contributed by atoms with Crippen molar-refractivity contribution in [2.24, 2.45) is 4.99 Å². The standard InChI is InChI=1S/C18H30N4O/c1-3-19-18(20-10-9-17-7-5-4-6-8-17)21-15-16(2)22-11-13-23-14-12-22/h4-8,16H,3,9-15H2,1-2H3,(H2,19,20,21). The molecule has 1 heterocycles. The summed E-state index contributed by atoms with van der Waals surface area (Å²) in [5.74, 6) is 0.906. The van der Waals surface area contributed by atoms with Crippen molar-refractivity contribution in [3.8, 4) is 0 Å². The number of benzene rings is 1. The quantitative estimate of drug-likeness (QED) is 0.591. The minimum absolute atomic E-state index is 0.448. The first-order valence-corrected chi connectivity index (χ1v) is 8.67. The molecule has 0 spiro atoms. The highest BCUT2D eigenvalue weighted by atomic mass is 16.5. The minimum Gasteiger partial charge on any atom is -0.379 e. The van der Waals surface area contributed by atoms with Crippen LogP contribution in [0.15, 0.2) is 35.3 Å². The Balaban J connectivity index is 1.77. The zero-order valence-corrected chi connectivity index (χ0v) is 14.4. The van der Waals surface area contributed by atoms with Crippen molar-refractivity contribution in [3.63, 3.8) is 0 Å².